The maximum absolute atomic E-state index is 10.8. The third-order valence-corrected chi connectivity index (χ3v) is 2.03. The molecule has 1 unspecified atom stereocenters. The first-order chi connectivity index (χ1) is 5.70. The highest BCUT2D eigenvalue weighted by molar-refractivity contribution is 5.75. The quantitative estimate of drug-likeness (QED) is 0.556. The van der Waals surface area contributed by atoms with Crippen LogP contribution in [-0.4, -0.2) is 5.78 Å². The Kier molecular flexibility index (Phi) is 6.73. The van der Waals surface area contributed by atoms with Crippen LogP contribution >= 0.6 is 0 Å². The summed E-state index contributed by atoms with van der Waals surface area (Å²) in [6.07, 6.45) is 8.36. The molecule has 0 saturated carbocycles. The molecule has 0 rings (SSSR count). The highest BCUT2D eigenvalue weighted by atomic mass is 16.1. The summed E-state index contributed by atoms with van der Waals surface area (Å²) in [6.45, 7) is 5.95. The Hall–Kier alpha value is -0.590. The van der Waals surface area contributed by atoms with Gasteiger partial charge in [0.05, 0.1) is 0 Å². The monoisotopic (exact) mass is 168 g/mol. The number of carbonyl (C=O) groups excluding carboxylic acids is 1. The van der Waals surface area contributed by atoms with E-state index in [1.807, 2.05) is 0 Å². The van der Waals surface area contributed by atoms with Crippen molar-refractivity contribution >= 4 is 5.78 Å². The van der Waals surface area contributed by atoms with Crippen molar-refractivity contribution < 1.29 is 4.79 Å². The van der Waals surface area contributed by atoms with Crippen LogP contribution in [0.25, 0.3) is 0 Å². The standard InChI is InChI=1S/C11H20O/c1-4-6-7-8-11(5-2)9-10(3)12/h6-7,11H,4-5,8-9H2,1-3H3. The molecule has 0 aromatic carbocycles. The van der Waals surface area contributed by atoms with Gasteiger partial charge in [-0.25, -0.2) is 0 Å². The van der Waals surface area contributed by atoms with Gasteiger partial charge in [0.1, 0.15) is 5.78 Å². The second kappa shape index (κ2) is 7.08. The zero-order valence-electron chi connectivity index (χ0n) is 8.47. The molecule has 0 spiro atoms. The van der Waals surface area contributed by atoms with E-state index in [1.165, 1.54) is 0 Å². The fourth-order valence-corrected chi connectivity index (χ4v) is 1.26. The molecule has 0 heterocycles. The molecule has 70 valence electrons. The third kappa shape index (κ3) is 6.14. The molecule has 0 radical (unpaired) electrons. The number of Topliss-reactive ketones (excluding diaryl/α,β-unsaturated/α-hetero) is 1. The van der Waals surface area contributed by atoms with E-state index < -0.39 is 0 Å². The Balaban J connectivity index is 3.67. The maximum atomic E-state index is 10.8. The largest absolute Gasteiger partial charge is 0.300 e. The smallest absolute Gasteiger partial charge is 0.130 e. The number of ketones is 1. The van der Waals surface area contributed by atoms with Crippen LogP contribution in [0.3, 0.4) is 0 Å². The first-order valence-corrected chi connectivity index (χ1v) is 4.85. The van der Waals surface area contributed by atoms with Gasteiger partial charge in [-0.3, -0.25) is 0 Å². The van der Waals surface area contributed by atoms with E-state index in [4.69, 9.17) is 0 Å². The zero-order valence-corrected chi connectivity index (χ0v) is 8.47. The van der Waals surface area contributed by atoms with Crippen LogP contribution < -0.4 is 0 Å². The Morgan fingerprint density at radius 1 is 1.33 bits per heavy atom. The van der Waals surface area contributed by atoms with Gasteiger partial charge in [0, 0.05) is 6.42 Å². The van der Waals surface area contributed by atoms with Crippen molar-refractivity contribution in [3.05, 3.63) is 12.2 Å². The molecule has 0 fully saturated rings. The van der Waals surface area contributed by atoms with Crippen LogP contribution in [0.2, 0.25) is 0 Å². The molecule has 12 heavy (non-hydrogen) atoms. The van der Waals surface area contributed by atoms with Gasteiger partial charge in [-0.05, 0) is 25.7 Å². The summed E-state index contributed by atoms with van der Waals surface area (Å²) < 4.78 is 0. The molecule has 0 aromatic rings. The molecule has 0 aliphatic rings. The molecule has 0 aromatic heterocycles. The van der Waals surface area contributed by atoms with Crippen LogP contribution in [0, 0.1) is 5.92 Å². The van der Waals surface area contributed by atoms with Crippen LogP contribution in [0.1, 0.15) is 46.5 Å². The van der Waals surface area contributed by atoms with Gasteiger partial charge < -0.3 is 4.79 Å². The molecule has 1 heteroatoms. The van der Waals surface area contributed by atoms with E-state index in [-0.39, 0.29) is 0 Å². The summed E-state index contributed by atoms with van der Waals surface area (Å²) >= 11 is 0. The summed E-state index contributed by atoms with van der Waals surface area (Å²) in [7, 11) is 0. The lowest BCUT2D eigenvalue weighted by atomic mass is 9.96. The van der Waals surface area contributed by atoms with E-state index in [0.29, 0.717) is 11.7 Å². The topological polar surface area (TPSA) is 17.1 Å². The minimum Gasteiger partial charge on any atom is -0.300 e. The van der Waals surface area contributed by atoms with Gasteiger partial charge in [0.2, 0.25) is 0 Å². The molecule has 0 saturated heterocycles. The molecule has 0 N–H and O–H groups in total. The van der Waals surface area contributed by atoms with Gasteiger partial charge in [0.15, 0.2) is 0 Å². The van der Waals surface area contributed by atoms with E-state index in [1.54, 1.807) is 6.92 Å². The number of rotatable bonds is 6. The predicted molar refractivity (Wildman–Crippen MR) is 53.1 cm³/mol. The average Bonchev–Trinajstić information content (AvgIpc) is 2.02. The minimum atomic E-state index is 0.312. The second-order valence-corrected chi connectivity index (χ2v) is 3.30. The lowest BCUT2D eigenvalue weighted by Crippen LogP contribution is -2.03. The Bertz CT molecular complexity index is 147. The summed E-state index contributed by atoms with van der Waals surface area (Å²) in [4.78, 5) is 10.8. The van der Waals surface area contributed by atoms with Gasteiger partial charge in [-0.1, -0.05) is 32.4 Å². The van der Waals surface area contributed by atoms with Crippen LogP contribution in [-0.2, 0) is 4.79 Å². The lowest BCUT2D eigenvalue weighted by Gasteiger charge is -2.08. The van der Waals surface area contributed by atoms with Crippen molar-refractivity contribution in [1.82, 2.24) is 0 Å². The van der Waals surface area contributed by atoms with Gasteiger partial charge in [-0.15, -0.1) is 0 Å². The number of hydrogen-bond acceptors (Lipinski definition) is 1. The molecular formula is C11H20O. The molecular weight excluding hydrogens is 148 g/mol. The van der Waals surface area contributed by atoms with Crippen LogP contribution in [0.15, 0.2) is 12.2 Å². The zero-order chi connectivity index (χ0) is 9.40. The third-order valence-electron chi connectivity index (χ3n) is 2.03. The average molecular weight is 168 g/mol. The van der Waals surface area contributed by atoms with Crippen molar-refractivity contribution in [2.45, 2.75) is 46.5 Å². The molecule has 0 aliphatic heterocycles. The number of carbonyl (C=O) groups is 1. The van der Waals surface area contributed by atoms with Crippen molar-refractivity contribution in [3.63, 3.8) is 0 Å². The van der Waals surface area contributed by atoms with Crippen molar-refractivity contribution in [2.24, 2.45) is 5.92 Å². The van der Waals surface area contributed by atoms with E-state index in [9.17, 15) is 4.79 Å². The van der Waals surface area contributed by atoms with Gasteiger partial charge in [-0.2, -0.15) is 0 Å². The Morgan fingerprint density at radius 3 is 2.42 bits per heavy atom. The summed E-state index contributed by atoms with van der Waals surface area (Å²) in [5.74, 6) is 0.872. The SMILES string of the molecule is CCC=CCC(CC)CC(C)=O. The summed E-state index contributed by atoms with van der Waals surface area (Å²) in [6, 6.07) is 0. The van der Waals surface area contributed by atoms with E-state index in [0.717, 1.165) is 25.7 Å². The highest BCUT2D eigenvalue weighted by Gasteiger charge is 2.06. The molecule has 0 amide bonds. The predicted octanol–water partition coefficient (Wildman–Crippen LogP) is 3.35. The highest BCUT2D eigenvalue weighted by Crippen LogP contribution is 2.14. The number of hydrogen-bond donors (Lipinski definition) is 0. The molecule has 1 atom stereocenters. The molecule has 0 bridgehead atoms. The second-order valence-electron chi connectivity index (χ2n) is 3.30. The van der Waals surface area contributed by atoms with Gasteiger partial charge in [0.25, 0.3) is 0 Å². The summed E-state index contributed by atoms with van der Waals surface area (Å²) in [5.41, 5.74) is 0. The summed E-state index contributed by atoms with van der Waals surface area (Å²) in [5, 5.41) is 0. The van der Waals surface area contributed by atoms with Crippen LogP contribution in [0.5, 0.6) is 0 Å². The Morgan fingerprint density at radius 2 is 2.00 bits per heavy atom. The van der Waals surface area contributed by atoms with Crippen molar-refractivity contribution in [1.29, 1.82) is 0 Å². The Labute approximate surface area is 75.9 Å². The van der Waals surface area contributed by atoms with Crippen molar-refractivity contribution in [3.8, 4) is 0 Å². The van der Waals surface area contributed by atoms with E-state index in [2.05, 4.69) is 26.0 Å². The fourth-order valence-electron chi connectivity index (χ4n) is 1.26. The number of allylic oxidation sites excluding steroid dienone is 2. The van der Waals surface area contributed by atoms with Crippen LogP contribution in [0.4, 0.5) is 0 Å². The first kappa shape index (κ1) is 11.4. The maximum Gasteiger partial charge on any atom is 0.130 e. The normalized spacial score (nSPS) is 13.6. The minimum absolute atomic E-state index is 0.312. The molecule has 1 nitrogen and oxygen atoms in total. The fraction of sp³-hybridized carbons (Fsp3) is 0.727. The van der Waals surface area contributed by atoms with Gasteiger partial charge >= 0.3 is 0 Å². The first-order valence-electron chi connectivity index (χ1n) is 4.85. The molecule has 0 aliphatic carbocycles. The van der Waals surface area contributed by atoms with Crippen molar-refractivity contribution in [2.75, 3.05) is 0 Å². The van der Waals surface area contributed by atoms with E-state index >= 15 is 0 Å². The lowest BCUT2D eigenvalue weighted by molar-refractivity contribution is -0.117.